The van der Waals surface area contributed by atoms with E-state index in [4.69, 9.17) is 9.47 Å². The molecule has 0 N–H and O–H groups in total. The monoisotopic (exact) mass is 332 g/mol. The largest absolute Gasteiger partial charge is 0.493 e. The van der Waals surface area contributed by atoms with Gasteiger partial charge in [-0.2, -0.15) is 0 Å². The number of carbonyl (C=O) groups is 1. The average Bonchev–Trinajstić information content (AvgIpc) is 2.74. The fraction of sp³-hybridized carbons (Fsp3) is 0.632. The van der Waals surface area contributed by atoms with Gasteiger partial charge in [-0.3, -0.25) is 9.69 Å². The van der Waals surface area contributed by atoms with E-state index < -0.39 is 0 Å². The number of amides is 1. The molecule has 0 radical (unpaired) electrons. The number of hydrogen-bond donors (Lipinski definition) is 0. The van der Waals surface area contributed by atoms with Gasteiger partial charge in [0.15, 0.2) is 0 Å². The first-order valence-corrected chi connectivity index (χ1v) is 8.95. The Morgan fingerprint density at radius 2 is 2.17 bits per heavy atom. The Labute approximate surface area is 144 Å². The van der Waals surface area contributed by atoms with E-state index in [1.807, 2.05) is 24.1 Å². The summed E-state index contributed by atoms with van der Waals surface area (Å²) < 4.78 is 11.4. The summed E-state index contributed by atoms with van der Waals surface area (Å²) in [5.41, 5.74) is 1.23. The third kappa shape index (κ3) is 3.90. The molecule has 5 nitrogen and oxygen atoms in total. The Kier molecular flexibility index (Phi) is 5.74. The molecule has 0 saturated carbocycles. The molecule has 0 spiro atoms. The fourth-order valence-electron chi connectivity index (χ4n) is 3.63. The molecule has 5 heteroatoms. The normalized spacial score (nSPS) is 25.2. The molecule has 2 saturated heterocycles. The first kappa shape index (κ1) is 17.2. The van der Waals surface area contributed by atoms with Gasteiger partial charge in [-0.25, -0.2) is 0 Å². The maximum absolute atomic E-state index is 12.1. The van der Waals surface area contributed by atoms with Crippen molar-refractivity contribution in [2.75, 3.05) is 40.0 Å². The number of benzene rings is 1. The summed E-state index contributed by atoms with van der Waals surface area (Å²) in [6, 6.07) is 8.53. The molecule has 2 aliphatic rings. The van der Waals surface area contributed by atoms with Crippen LogP contribution in [-0.2, 0) is 16.1 Å². The molecule has 0 unspecified atom stereocenters. The number of rotatable bonds is 5. The van der Waals surface area contributed by atoms with Gasteiger partial charge in [0.2, 0.25) is 5.91 Å². The third-order valence-electron chi connectivity index (χ3n) is 5.08. The van der Waals surface area contributed by atoms with Gasteiger partial charge in [0.1, 0.15) is 12.4 Å². The molecular weight excluding hydrogens is 304 g/mol. The van der Waals surface area contributed by atoms with Crippen LogP contribution in [0.4, 0.5) is 0 Å². The van der Waals surface area contributed by atoms with Crippen LogP contribution >= 0.6 is 0 Å². The van der Waals surface area contributed by atoms with Gasteiger partial charge < -0.3 is 14.4 Å². The summed E-state index contributed by atoms with van der Waals surface area (Å²) in [6.07, 6.45) is 2.08. The minimum Gasteiger partial charge on any atom is -0.493 e. The van der Waals surface area contributed by atoms with Gasteiger partial charge in [-0.15, -0.1) is 0 Å². The summed E-state index contributed by atoms with van der Waals surface area (Å²) in [4.78, 5) is 16.4. The predicted molar refractivity (Wildman–Crippen MR) is 93.0 cm³/mol. The minimum absolute atomic E-state index is 0.0935. The van der Waals surface area contributed by atoms with Crippen molar-refractivity contribution in [1.29, 1.82) is 0 Å². The summed E-state index contributed by atoms with van der Waals surface area (Å²) in [5.74, 6) is 1.52. The maximum Gasteiger partial charge on any atom is 0.248 e. The van der Waals surface area contributed by atoms with E-state index in [1.165, 1.54) is 5.56 Å². The molecule has 2 fully saturated rings. The number of fused-ring (bicyclic) bond motifs is 1. The van der Waals surface area contributed by atoms with Crippen molar-refractivity contribution in [1.82, 2.24) is 9.80 Å². The highest BCUT2D eigenvalue weighted by atomic mass is 16.5. The van der Waals surface area contributed by atoms with Crippen molar-refractivity contribution >= 4 is 5.91 Å². The van der Waals surface area contributed by atoms with Gasteiger partial charge in [-0.1, -0.05) is 25.1 Å². The van der Waals surface area contributed by atoms with Crippen LogP contribution in [0.5, 0.6) is 5.75 Å². The molecule has 2 aliphatic heterocycles. The van der Waals surface area contributed by atoms with E-state index >= 15 is 0 Å². The highest BCUT2D eigenvalue weighted by Gasteiger charge is 2.36. The lowest BCUT2D eigenvalue weighted by Crippen LogP contribution is -2.52. The number of hydrogen-bond acceptors (Lipinski definition) is 4. The molecule has 1 amide bonds. The van der Waals surface area contributed by atoms with Crippen LogP contribution in [0.1, 0.15) is 25.3 Å². The van der Waals surface area contributed by atoms with E-state index in [0.717, 1.165) is 44.8 Å². The number of piperidine rings is 1. The molecule has 2 heterocycles. The van der Waals surface area contributed by atoms with E-state index in [-0.39, 0.29) is 18.6 Å². The zero-order valence-corrected chi connectivity index (χ0v) is 14.7. The zero-order chi connectivity index (χ0) is 16.9. The predicted octanol–water partition coefficient (Wildman–Crippen LogP) is 2.15. The van der Waals surface area contributed by atoms with Crippen molar-refractivity contribution in [3.05, 3.63) is 29.8 Å². The Balaban J connectivity index is 1.67. The van der Waals surface area contributed by atoms with E-state index in [2.05, 4.69) is 24.0 Å². The summed E-state index contributed by atoms with van der Waals surface area (Å²) in [7, 11) is 1.91. The van der Waals surface area contributed by atoms with E-state index in [0.29, 0.717) is 12.5 Å². The van der Waals surface area contributed by atoms with Crippen LogP contribution in [-0.4, -0.2) is 61.7 Å². The van der Waals surface area contributed by atoms with Crippen molar-refractivity contribution in [3.8, 4) is 5.75 Å². The minimum atomic E-state index is 0.0935. The lowest BCUT2D eigenvalue weighted by atomic mass is 9.91. The second-order valence-electron chi connectivity index (χ2n) is 6.83. The Morgan fingerprint density at radius 3 is 3.00 bits per heavy atom. The molecule has 1 aromatic rings. The van der Waals surface area contributed by atoms with E-state index in [9.17, 15) is 4.79 Å². The molecule has 0 aliphatic carbocycles. The first-order chi connectivity index (χ1) is 11.7. The quantitative estimate of drug-likeness (QED) is 0.829. The molecular formula is C19H28N2O3. The molecule has 132 valence electrons. The Morgan fingerprint density at radius 1 is 1.33 bits per heavy atom. The van der Waals surface area contributed by atoms with Crippen LogP contribution in [0.2, 0.25) is 0 Å². The summed E-state index contributed by atoms with van der Waals surface area (Å²) in [5, 5.41) is 0. The zero-order valence-electron chi connectivity index (χ0n) is 14.7. The van der Waals surface area contributed by atoms with Gasteiger partial charge in [0.25, 0.3) is 0 Å². The molecule has 24 heavy (non-hydrogen) atoms. The summed E-state index contributed by atoms with van der Waals surface area (Å²) in [6.45, 7) is 6.59. The van der Waals surface area contributed by atoms with Crippen molar-refractivity contribution in [2.45, 2.75) is 32.4 Å². The van der Waals surface area contributed by atoms with Crippen LogP contribution < -0.4 is 4.74 Å². The number of carbonyl (C=O) groups excluding carboxylic acids is 1. The van der Waals surface area contributed by atoms with Crippen LogP contribution in [0.3, 0.4) is 0 Å². The number of ether oxygens (including phenoxy) is 2. The lowest BCUT2D eigenvalue weighted by molar-refractivity contribution is -0.134. The molecule has 0 aromatic heterocycles. The first-order valence-electron chi connectivity index (χ1n) is 8.95. The molecule has 2 atom stereocenters. The highest BCUT2D eigenvalue weighted by molar-refractivity contribution is 5.77. The topological polar surface area (TPSA) is 42.0 Å². The second-order valence-corrected chi connectivity index (χ2v) is 6.83. The third-order valence-corrected chi connectivity index (χ3v) is 5.08. The smallest absolute Gasteiger partial charge is 0.248 e. The van der Waals surface area contributed by atoms with Gasteiger partial charge >= 0.3 is 0 Å². The van der Waals surface area contributed by atoms with Gasteiger partial charge in [0.05, 0.1) is 13.2 Å². The maximum atomic E-state index is 12.1. The SMILES string of the molecule is CCCOc1ccccc1CN1CC[C@H]2COCC(=O)N(C)[C@H]2C1. The fourth-order valence-corrected chi connectivity index (χ4v) is 3.63. The molecule has 1 aromatic carbocycles. The number of likely N-dealkylation sites (N-methyl/N-ethyl adjacent to an activating group) is 1. The standard InChI is InChI=1S/C19H28N2O3/c1-3-10-24-18-7-5-4-6-15(18)11-21-9-8-16-13-23-14-19(22)20(2)17(16)12-21/h4-7,16-17H,3,8-14H2,1-2H3/t16-,17-/m0/s1. The van der Waals surface area contributed by atoms with E-state index in [1.54, 1.807) is 0 Å². The van der Waals surface area contributed by atoms with Crippen molar-refractivity contribution in [3.63, 3.8) is 0 Å². The average molecular weight is 332 g/mol. The van der Waals surface area contributed by atoms with Crippen molar-refractivity contribution < 1.29 is 14.3 Å². The number of likely N-dealkylation sites (tertiary alicyclic amines) is 1. The second kappa shape index (κ2) is 7.99. The number of para-hydroxylation sites is 1. The molecule has 3 rings (SSSR count). The van der Waals surface area contributed by atoms with Crippen LogP contribution in [0.25, 0.3) is 0 Å². The van der Waals surface area contributed by atoms with Crippen LogP contribution in [0.15, 0.2) is 24.3 Å². The van der Waals surface area contributed by atoms with Gasteiger partial charge in [-0.05, 0) is 25.5 Å². The Bertz CT molecular complexity index is 563. The molecule has 0 bridgehead atoms. The number of nitrogens with zero attached hydrogens (tertiary/aromatic N) is 2. The Hall–Kier alpha value is -1.59. The van der Waals surface area contributed by atoms with Gasteiger partial charge in [0, 0.05) is 37.7 Å². The lowest BCUT2D eigenvalue weighted by Gasteiger charge is -2.41. The summed E-state index contributed by atoms with van der Waals surface area (Å²) >= 11 is 0. The van der Waals surface area contributed by atoms with Crippen LogP contribution in [0, 0.1) is 5.92 Å². The van der Waals surface area contributed by atoms with Crippen molar-refractivity contribution in [2.24, 2.45) is 5.92 Å². The highest BCUT2D eigenvalue weighted by Crippen LogP contribution is 2.27.